The molecule has 0 spiro atoms. The number of nitrogens with two attached hydrogens (primary N) is 1. The number of aliphatic hydroxyl groups is 1. The van der Waals surface area contributed by atoms with E-state index in [4.69, 9.17) is 10.8 Å². The molecule has 1 aromatic heterocycles. The van der Waals surface area contributed by atoms with Gasteiger partial charge in [0.1, 0.15) is 5.82 Å². The van der Waals surface area contributed by atoms with Crippen molar-refractivity contribution in [2.45, 2.75) is 38.8 Å². The summed E-state index contributed by atoms with van der Waals surface area (Å²) in [6, 6.07) is 0.263. The highest BCUT2D eigenvalue weighted by molar-refractivity contribution is 5.21. The Bertz CT molecular complexity index is 332. The normalized spacial score (nSPS) is 20.9. The van der Waals surface area contributed by atoms with E-state index in [0.29, 0.717) is 6.54 Å². The monoisotopic (exact) mass is 195 g/mol. The van der Waals surface area contributed by atoms with Crippen LogP contribution in [0.25, 0.3) is 0 Å². The van der Waals surface area contributed by atoms with E-state index in [1.807, 2.05) is 6.92 Å². The van der Waals surface area contributed by atoms with Gasteiger partial charge < -0.3 is 15.4 Å². The molecule has 1 atom stereocenters. The quantitative estimate of drug-likeness (QED) is 0.698. The zero-order chi connectivity index (χ0) is 10.1. The van der Waals surface area contributed by atoms with Crippen molar-refractivity contribution >= 4 is 0 Å². The molecule has 1 aliphatic rings. The van der Waals surface area contributed by atoms with E-state index in [0.717, 1.165) is 30.8 Å². The van der Waals surface area contributed by atoms with Gasteiger partial charge in [0, 0.05) is 24.7 Å². The molecule has 0 unspecified atom stereocenters. The third-order valence-electron chi connectivity index (χ3n) is 2.88. The van der Waals surface area contributed by atoms with Gasteiger partial charge in [-0.05, 0) is 19.8 Å². The molecule has 0 radical (unpaired) electrons. The van der Waals surface area contributed by atoms with Gasteiger partial charge >= 0.3 is 0 Å². The molecule has 0 aliphatic heterocycles. The molecule has 0 saturated heterocycles. The second-order valence-corrected chi connectivity index (χ2v) is 3.93. The third-order valence-corrected chi connectivity index (χ3v) is 2.88. The molecule has 0 saturated carbocycles. The number of nitrogens with zero attached hydrogens (tertiary/aromatic N) is 2. The van der Waals surface area contributed by atoms with Gasteiger partial charge in [-0.2, -0.15) is 0 Å². The van der Waals surface area contributed by atoms with Crippen LogP contribution in [0.5, 0.6) is 0 Å². The Kier molecular flexibility index (Phi) is 2.56. The minimum absolute atomic E-state index is 0.176. The van der Waals surface area contributed by atoms with E-state index in [1.54, 1.807) is 0 Å². The highest BCUT2D eigenvalue weighted by Crippen LogP contribution is 2.21. The predicted molar refractivity (Wildman–Crippen MR) is 54.1 cm³/mol. The van der Waals surface area contributed by atoms with E-state index < -0.39 is 0 Å². The topological polar surface area (TPSA) is 64.1 Å². The number of aromatic nitrogens is 2. The van der Waals surface area contributed by atoms with Crippen molar-refractivity contribution in [3.63, 3.8) is 0 Å². The minimum Gasteiger partial charge on any atom is -0.395 e. The molecular formula is C10H17N3O. The van der Waals surface area contributed by atoms with Crippen molar-refractivity contribution in [3.05, 3.63) is 17.2 Å². The number of aliphatic hydroxyl groups excluding tert-OH is 1. The molecule has 1 heterocycles. The van der Waals surface area contributed by atoms with Crippen LogP contribution in [0.1, 0.15) is 23.6 Å². The second-order valence-electron chi connectivity index (χ2n) is 3.93. The Balaban J connectivity index is 2.33. The standard InChI is InChI=1S/C10H17N3O/c1-7-12-9-6-8(11)2-3-10(9)13(7)4-5-14/h8,14H,2-6,11H2,1H3/t8-/m0/s1. The first-order chi connectivity index (χ1) is 6.72. The van der Waals surface area contributed by atoms with Crippen LogP contribution in [0.3, 0.4) is 0 Å². The molecule has 1 aliphatic carbocycles. The van der Waals surface area contributed by atoms with Crippen molar-refractivity contribution in [2.75, 3.05) is 6.61 Å². The van der Waals surface area contributed by atoms with Crippen LogP contribution in [0.4, 0.5) is 0 Å². The summed E-state index contributed by atoms with van der Waals surface area (Å²) >= 11 is 0. The molecule has 4 nitrogen and oxygen atoms in total. The van der Waals surface area contributed by atoms with Crippen LogP contribution in [0, 0.1) is 6.92 Å². The largest absolute Gasteiger partial charge is 0.395 e. The summed E-state index contributed by atoms with van der Waals surface area (Å²) in [6.07, 6.45) is 2.91. The van der Waals surface area contributed by atoms with Crippen molar-refractivity contribution in [1.82, 2.24) is 9.55 Å². The van der Waals surface area contributed by atoms with E-state index in [-0.39, 0.29) is 12.6 Å². The van der Waals surface area contributed by atoms with Crippen LogP contribution in [0.2, 0.25) is 0 Å². The summed E-state index contributed by atoms with van der Waals surface area (Å²) in [5.74, 6) is 0.998. The van der Waals surface area contributed by atoms with E-state index >= 15 is 0 Å². The summed E-state index contributed by atoms with van der Waals surface area (Å²) in [6.45, 7) is 2.82. The molecule has 3 N–H and O–H groups in total. The molecule has 2 rings (SSSR count). The van der Waals surface area contributed by atoms with Gasteiger partial charge in [-0.25, -0.2) is 4.98 Å². The average Bonchev–Trinajstić information content (AvgIpc) is 2.43. The van der Waals surface area contributed by atoms with Crippen LogP contribution in [-0.4, -0.2) is 27.3 Å². The molecule has 0 aromatic carbocycles. The van der Waals surface area contributed by atoms with E-state index in [9.17, 15) is 0 Å². The van der Waals surface area contributed by atoms with E-state index in [2.05, 4.69) is 9.55 Å². The van der Waals surface area contributed by atoms with Gasteiger partial charge in [0.2, 0.25) is 0 Å². The van der Waals surface area contributed by atoms with Gasteiger partial charge in [-0.15, -0.1) is 0 Å². The Morgan fingerprint density at radius 3 is 3.14 bits per heavy atom. The first kappa shape index (κ1) is 9.68. The smallest absolute Gasteiger partial charge is 0.106 e. The zero-order valence-corrected chi connectivity index (χ0v) is 8.53. The lowest BCUT2D eigenvalue weighted by atomic mass is 9.97. The molecule has 14 heavy (non-hydrogen) atoms. The molecule has 0 amide bonds. The van der Waals surface area contributed by atoms with Crippen molar-refractivity contribution < 1.29 is 5.11 Å². The van der Waals surface area contributed by atoms with Crippen LogP contribution < -0.4 is 5.73 Å². The summed E-state index contributed by atoms with van der Waals surface area (Å²) in [5, 5.41) is 8.94. The van der Waals surface area contributed by atoms with Crippen molar-refractivity contribution in [3.8, 4) is 0 Å². The molecule has 1 aromatic rings. The molecule has 0 fully saturated rings. The first-order valence-electron chi connectivity index (χ1n) is 5.13. The fraction of sp³-hybridized carbons (Fsp3) is 0.700. The van der Waals surface area contributed by atoms with Crippen molar-refractivity contribution in [2.24, 2.45) is 5.73 Å². The number of hydrogen-bond acceptors (Lipinski definition) is 3. The Hall–Kier alpha value is -0.870. The van der Waals surface area contributed by atoms with Gasteiger partial charge in [0.25, 0.3) is 0 Å². The number of imidazole rings is 1. The van der Waals surface area contributed by atoms with Gasteiger partial charge in [0.15, 0.2) is 0 Å². The molecule has 0 bridgehead atoms. The first-order valence-corrected chi connectivity index (χ1v) is 5.13. The number of hydrogen-bond donors (Lipinski definition) is 2. The summed E-state index contributed by atoms with van der Waals surface area (Å²) in [7, 11) is 0. The second kappa shape index (κ2) is 3.71. The number of aryl methyl sites for hydroxylation is 1. The number of rotatable bonds is 2. The third kappa shape index (κ3) is 1.55. The lowest BCUT2D eigenvalue weighted by Crippen LogP contribution is -2.28. The Morgan fingerprint density at radius 1 is 1.64 bits per heavy atom. The van der Waals surface area contributed by atoms with Gasteiger partial charge in [-0.1, -0.05) is 0 Å². The summed E-state index contributed by atoms with van der Waals surface area (Å²) in [4.78, 5) is 4.49. The minimum atomic E-state index is 0.176. The summed E-state index contributed by atoms with van der Waals surface area (Å²) < 4.78 is 2.11. The fourth-order valence-electron chi connectivity index (χ4n) is 2.18. The van der Waals surface area contributed by atoms with Crippen molar-refractivity contribution in [1.29, 1.82) is 0 Å². The lowest BCUT2D eigenvalue weighted by Gasteiger charge is -2.19. The number of fused-ring (bicyclic) bond motifs is 1. The highest BCUT2D eigenvalue weighted by atomic mass is 16.3. The van der Waals surface area contributed by atoms with E-state index in [1.165, 1.54) is 5.69 Å². The predicted octanol–water partition coefficient (Wildman–Crippen LogP) is -0.000180. The van der Waals surface area contributed by atoms with Crippen LogP contribution >= 0.6 is 0 Å². The summed E-state index contributed by atoms with van der Waals surface area (Å²) in [5.41, 5.74) is 8.29. The maximum Gasteiger partial charge on any atom is 0.106 e. The van der Waals surface area contributed by atoms with Gasteiger partial charge in [-0.3, -0.25) is 0 Å². The molecule has 78 valence electrons. The Morgan fingerprint density at radius 2 is 2.43 bits per heavy atom. The Labute approximate surface area is 83.8 Å². The zero-order valence-electron chi connectivity index (χ0n) is 8.53. The van der Waals surface area contributed by atoms with Crippen LogP contribution in [-0.2, 0) is 19.4 Å². The molecular weight excluding hydrogens is 178 g/mol. The highest BCUT2D eigenvalue weighted by Gasteiger charge is 2.21. The molecule has 4 heteroatoms. The van der Waals surface area contributed by atoms with Gasteiger partial charge in [0.05, 0.1) is 12.3 Å². The SMILES string of the molecule is Cc1nc2c(n1CCO)CC[C@H](N)C2. The average molecular weight is 195 g/mol. The van der Waals surface area contributed by atoms with Crippen LogP contribution in [0.15, 0.2) is 0 Å². The fourth-order valence-corrected chi connectivity index (χ4v) is 2.18. The maximum atomic E-state index is 8.94. The maximum absolute atomic E-state index is 8.94. The lowest BCUT2D eigenvalue weighted by molar-refractivity contribution is 0.272.